The molecule has 3 heteroatoms. The topological polar surface area (TPSA) is 35.5 Å². The third kappa shape index (κ3) is 7.62. The molecule has 0 aliphatic rings. The summed E-state index contributed by atoms with van der Waals surface area (Å²) in [5, 5.41) is 0. The van der Waals surface area contributed by atoms with Crippen molar-refractivity contribution in [1.82, 2.24) is 0 Å². The lowest BCUT2D eigenvalue weighted by Crippen LogP contribution is -2.22. The van der Waals surface area contributed by atoms with E-state index in [2.05, 4.69) is 20.4 Å². The van der Waals surface area contributed by atoms with Gasteiger partial charge in [-0.3, -0.25) is 4.79 Å². The summed E-state index contributed by atoms with van der Waals surface area (Å²) in [6.45, 7) is 8.00. The van der Waals surface area contributed by atoms with E-state index in [1.807, 2.05) is 0 Å². The first-order chi connectivity index (χ1) is 8.54. The van der Waals surface area contributed by atoms with Gasteiger partial charge in [-0.2, -0.15) is 0 Å². The van der Waals surface area contributed by atoms with E-state index in [1.54, 1.807) is 20.3 Å². The number of Topliss-reactive ketones (excluding diaryl/α,β-unsaturated/α-hetero) is 1. The summed E-state index contributed by atoms with van der Waals surface area (Å²) in [7, 11) is 3.31. The number of carbonyl (C=O) groups excluding carboxylic acids is 1. The normalized spacial score (nSPS) is 13.0. The molecule has 1 atom stereocenters. The van der Waals surface area contributed by atoms with Crippen LogP contribution >= 0.6 is 0 Å². The third-order valence-corrected chi connectivity index (χ3v) is 3.39. The summed E-state index contributed by atoms with van der Waals surface area (Å²) in [5.41, 5.74) is 0. The van der Waals surface area contributed by atoms with Crippen LogP contribution in [-0.4, -0.2) is 26.3 Å². The van der Waals surface area contributed by atoms with Gasteiger partial charge in [-0.05, 0) is 24.7 Å². The second-order valence-corrected chi connectivity index (χ2v) is 5.05. The molecule has 0 rings (SSSR count). The number of methoxy groups -OCH3 is 2. The van der Waals surface area contributed by atoms with Crippen LogP contribution in [0.15, 0.2) is 12.7 Å². The number of hydrogen-bond acceptors (Lipinski definition) is 3. The predicted octanol–water partition coefficient (Wildman–Crippen LogP) is 3.58. The highest BCUT2D eigenvalue weighted by atomic mass is 16.7. The van der Waals surface area contributed by atoms with E-state index in [1.165, 1.54) is 0 Å². The van der Waals surface area contributed by atoms with Gasteiger partial charge in [-0.25, -0.2) is 0 Å². The van der Waals surface area contributed by atoms with Gasteiger partial charge in [0, 0.05) is 33.5 Å². The molecule has 0 bridgehead atoms. The molecule has 3 nitrogen and oxygen atoms in total. The Labute approximate surface area is 112 Å². The van der Waals surface area contributed by atoms with Gasteiger partial charge in [-0.15, -0.1) is 6.58 Å². The molecule has 0 aromatic heterocycles. The lowest BCUT2D eigenvalue weighted by Gasteiger charge is -2.24. The maximum absolute atomic E-state index is 11.6. The van der Waals surface area contributed by atoms with Crippen molar-refractivity contribution in [1.29, 1.82) is 0 Å². The highest BCUT2D eigenvalue weighted by Crippen LogP contribution is 2.24. The van der Waals surface area contributed by atoms with Crippen LogP contribution in [0, 0.1) is 11.8 Å². The molecule has 0 unspecified atom stereocenters. The van der Waals surface area contributed by atoms with Gasteiger partial charge in [0.05, 0.1) is 0 Å². The van der Waals surface area contributed by atoms with E-state index < -0.39 is 0 Å². The smallest absolute Gasteiger partial charge is 0.157 e. The van der Waals surface area contributed by atoms with Crippen LogP contribution in [0.3, 0.4) is 0 Å². The van der Waals surface area contributed by atoms with Crippen LogP contribution in [0.25, 0.3) is 0 Å². The first kappa shape index (κ1) is 17.3. The lowest BCUT2D eigenvalue weighted by atomic mass is 9.87. The zero-order valence-corrected chi connectivity index (χ0v) is 12.3. The molecular formula is C15H28O3. The molecule has 106 valence electrons. The first-order valence-electron chi connectivity index (χ1n) is 6.73. The molecule has 0 radical (unpaired) electrons. The standard InChI is InChI=1S/C15H28O3/c1-6-7-8-14(16)10-9-13(12(2)3)11-15(17-4)18-5/h6,12-13,15H,1,7-11H2,2-5H3/t13-/m1/s1. The minimum absolute atomic E-state index is 0.166. The highest BCUT2D eigenvalue weighted by molar-refractivity contribution is 5.78. The van der Waals surface area contributed by atoms with Crippen molar-refractivity contribution >= 4 is 5.78 Å². The van der Waals surface area contributed by atoms with Crippen molar-refractivity contribution in [2.75, 3.05) is 14.2 Å². The van der Waals surface area contributed by atoms with Crippen molar-refractivity contribution in [2.24, 2.45) is 11.8 Å². The molecular weight excluding hydrogens is 228 g/mol. The van der Waals surface area contributed by atoms with Crippen LogP contribution in [0.4, 0.5) is 0 Å². The Bertz CT molecular complexity index is 232. The maximum Gasteiger partial charge on any atom is 0.157 e. The summed E-state index contributed by atoms with van der Waals surface area (Å²) in [5.74, 6) is 1.32. The summed E-state index contributed by atoms with van der Waals surface area (Å²) >= 11 is 0. The Hall–Kier alpha value is -0.670. The summed E-state index contributed by atoms with van der Waals surface area (Å²) < 4.78 is 10.5. The van der Waals surface area contributed by atoms with Crippen LogP contribution in [0.5, 0.6) is 0 Å². The molecule has 0 spiro atoms. The predicted molar refractivity (Wildman–Crippen MR) is 74.4 cm³/mol. The van der Waals surface area contributed by atoms with Gasteiger partial charge in [0.2, 0.25) is 0 Å². The Morgan fingerprint density at radius 2 is 1.83 bits per heavy atom. The molecule has 0 aliphatic heterocycles. The van der Waals surface area contributed by atoms with Crippen molar-refractivity contribution in [2.45, 2.75) is 52.2 Å². The Morgan fingerprint density at radius 3 is 2.28 bits per heavy atom. The molecule has 0 saturated carbocycles. The van der Waals surface area contributed by atoms with Gasteiger partial charge in [-0.1, -0.05) is 19.9 Å². The fourth-order valence-corrected chi connectivity index (χ4v) is 1.99. The maximum atomic E-state index is 11.6. The van der Waals surface area contributed by atoms with Crippen LogP contribution in [0.2, 0.25) is 0 Å². The monoisotopic (exact) mass is 256 g/mol. The molecule has 0 N–H and O–H groups in total. The zero-order chi connectivity index (χ0) is 14.0. The van der Waals surface area contributed by atoms with E-state index in [-0.39, 0.29) is 6.29 Å². The summed E-state index contributed by atoms with van der Waals surface area (Å²) in [4.78, 5) is 11.6. The van der Waals surface area contributed by atoms with E-state index in [0.717, 1.165) is 19.3 Å². The van der Waals surface area contributed by atoms with Gasteiger partial charge in [0.15, 0.2) is 6.29 Å². The second kappa shape index (κ2) is 10.3. The van der Waals surface area contributed by atoms with Crippen LogP contribution in [-0.2, 0) is 14.3 Å². The van der Waals surface area contributed by atoms with Gasteiger partial charge in [0.1, 0.15) is 5.78 Å². The van der Waals surface area contributed by atoms with Gasteiger partial charge < -0.3 is 9.47 Å². The van der Waals surface area contributed by atoms with E-state index in [9.17, 15) is 4.79 Å². The third-order valence-electron chi connectivity index (χ3n) is 3.39. The summed E-state index contributed by atoms with van der Waals surface area (Å²) in [6, 6.07) is 0. The highest BCUT2D eigenvalue weighted by Gasteiger charge is 2.19. The first-order valence-corrected chi connectivity index (χ1v) is 6.73. The zero-order valence-electron chi connectivity index (χ0n) is 12.3. The molecule has 0 aliphatic carbocycles. The largest absolute Gasteiger partial charge is 0.356 e. The Kier molecular flexibility index (Phi) is 9.89. The van der Waals surface area contributed by atoms with E-state index >= 15 is 0 Å². The second-order valence-electron chi connectivity index (χ2n) is 5.05. The molecule has 18 heavy (non-hydrogen) atoms. The lowest BCUT2D eigenvalue weighted by molar-refractivity contribution is -0.123. The minimum Gasteiger partial charge on any atom is -0.356 e. The average Bonchev–Trinajstić information content (AvgIpc) is 2.36. The average molecular weight is 256 g/mol. The quantitative estimate of drug-likeness (QED) is 0.418. The van der Waals surface area contributed by atoms with Crippen LogP contribution in [0.1, 0.15) is 46.0 Å². The van der Waals surface area contributed by atoms with Crippen molar-refractivity contribution in [3.05, 3.63) is 12.7 Å². The number of carbonyl (C=O) groups is 1. The Balaban J connectivity index is 4.11. The van der Waals surface area contributed by atoms with Crippen molar-refractivity contribution in [3.63, 3.8) is 0 Å². The number of rotatable bonds is 11. The van der Waals surface area contributed by atoms with Crippen molar-refractivity contribution in [3.8, 4) is 0 Å². The van der Waals surface area contributed by atoms with Crippen molar-refractivity contribution < 1.29 is 14.3 Å². The SMILES string of the molecule is C=CCCC(=O)CC[C@H](CC(OC)OC)C(C)C. The molecule has 0 aromatic rings. The van der Waals surface area contributed by atoms with E-state index in [4.69, 9.17) is 9.47 Å². The number of ketones is 1. The Morgan fingerprint density at radius 1 is 1.22 bits per heavy atom. The number of ether oxygens (including phenoxy) is 2. The van der Waals surface area contributed by atoms with Crippen LogP contribution < -0.4 is 0 Å². The minimum atomic E-state index is -0.166. The van der Waals surface area contributed by atoms with Gasteiger partial charge in [0.25, 0.3) is 0 Å². The summed E-state index contributed by atoms with van der Waals surface area (Å²) in [6.07, 6.45) is 5.44. The number of allylic oxidation sites excluding steroid dienone is 1. The molecule has 0 heterocycles. The molecule has 0 amide bonds. The molecule has 0 aromatic carbocycles. The fraction of sp³-hybridized carbons (Fsp3) is 0.800. The van der Waals surface area contributed by atoms with E-state index in [0.29, 0.717) is 30.5 Å². The van der Waals surface area contributed by atoms with Gasteiger partial charge >= 0.3 is 0 Å². The molecule has 0 saturated heterocycles. The molecule has 0 fully saturated rings. The fourth-order valence-electron chi connectivity index (χ4n) is 1.99. The number of hydrogen-bond donors (Lipinski definition) is 0.